The summed E-state index contributed by atoms with van der Waals surface area (Å²) >= 11 is 1.80. The summed E-state index contributed by atoms with van der Waals surface area (Å²) in [6.45, 7) is 0.376. The lowest BCUT2D eigenvalue weighted by atomic mass is 9.94. The number of aryl methyl sites for hydroxylation is 1. The van der Waals surface area contributed by atoms with Gasteiger partial charge >= 0.3 is 0 Å². The first kappa shape index (κ1) is 13.7. The number of thiophene rings is 1. The first-order valence-electron chi connectivity index (χ1n) is 6.98. The summed E-state index contributed by atoms with van der Waals surface area (Å²) in [4.78, 5) is 1.44. The molecule has 0 amide bonds. The molecule has 0 saturated carbocycles. The molecule has 1 heterocycles. The lowest BCUT2D eigenvalue weighted by molar-refractivity contribution is 0.164. The Morgan fingerprint density at radius 1 is 1.35 bits per heavy atom. The van der Waals surface area contributed by atoms with Gasteiger partial charge in [0.15, 0.2) is 0 Å². The minimum atomic E-state index is -0.805. The summed E-state index contributed by atoms with van der Waals surface area (Å²) in [6, 6.07) is 8.85. The van der Waals surface area contributed by atoms with Gasteiger partial charge in [0.25, 0.3) is 0 Å². The average molecular weight is 291 g/mol. The van der Waals surface area contributed by atoms with Gasteiger partial charge in [-0.25, -0.2) is 4.39 Å². The molecule has 0 spiro atoms. The highest BCUT2D eigenvalue weighted by Gasteiger charge is 2.22. The summed E-state index contributed by atoms with van der Waals surface area (Å²) in [5.41, 5.74) is 1.71. The Morgan fingerprint density at radius 3 is 3.05 bits per heavy atom. The van der Waals surface area contributed by atoms with Gasteiger partial charge in [-0.2, -0.15) is 0 Å². The molecule has 0 bridgehead atoms. The van der Waals surface area contributed by atoms with Crippen LogP contribution in [0, 0.1) is 5.82 Å². The summed E-state index contributed by atoms with van der Waals surface area (Å²) in [5.74, 6) is -0.346. The molecule has 2 unspecified atom stereocenters. The van der Waals surface area contributed by atoms with Crippen molar-refractivity contribution >= 4 is 11.3 Å². The molecule has 0 fully saturated rings. The van der Waals surface area contributed by atoms with Crippen LogP contribution in [0.4, 0.5) is 4.39 Å². The van der Waals surface area contributed by atoms with Crippen LogP contribution in [0.1, 0.15) is 41.0 Å². The van der Waals surface area contributed by atoms with Crippen LogP contribution in [0.3, 0.4) is 0 Å². The minimum Gasteiger partial charge on any atom is -0.387 e. The second-order valence-electron chi connectivity index (χ2n) is 5.19. The standard InChI is InChI=1S/C16H18FNOS/c17-13-5-2-1-4-11(13)15(19)10-18-14-6-3-7-16-12(14)8-9-20-16/h1-2,4-5,8-9,14-15,18-19H,3,6-7,10H2. The third-order valence-corrected chi connectivity index (χ3v) is 4.87. The third kappa shape index (κ3) is 2.77. The fourth-order valence-electron chi connectivity index (χ4n) is 2.81. The molecule has 106 valence electrons. The van der Waals surface area contributed by atoms with Crippen LogP contribution < -0.4 is 5.32 Å². The number of hydrogen-bond acceptors (Lipinski definition) is 3. The van der Waals surface area contributed by atoms with Crippen LogP contribution in [0.15, 0.2) is 35.7 Å². The van der Waals surface area contributed by atoms with Gasteiger partial charge in [0.2, 0.25) is 0 Å². The van der Waals surface area contributed by atoms with Gasteiger partial charge in [0.05, 0.1) is 6.10 Å². The van der Waals surface area contributed by atoms with Gasteiger partial charge in [-0.3, -0.25) is 0 Å². The normalized spacial score (nSPS) is 19.6. The van der Waals surface area contributed by atoms with Crippen LogP contribution in [0.2, 0.25) is 0 Å². The van der Waals surface area contributed by atoms with Crippen LogP contribution in [-0.2, 0) is 6.42 Å². The van der Waals surface area contributed by atoms with E-state index < -0.39 is 6.10 Å². The zero-order valence-corrected chi connectivity index (χ0v) is 12.0. The van der Waals surface area contributed by atoms with E-state index >= 15 is 0 Å². The molecule has 2 atom stereocenters. The van der Waals surface area contributed by atoms with E-state index in [0.717, 1.165) is 12.8 Å². The van der Waals surface area contributed by atoms with Crippen molar-refractivity contribution in [1.29, 1.82) is 0 Å². The summed E-state index contributed by atoms with van der Waals surface area (Å²) < 4.78 is 13.6. The fraction of sp³-hybridized carbons (Fsp3) is 0.375. The molecule has 0 radical (unpaired) electrons. The second-order valence-corrected chi connectivity index (χ2v) is 6.19. The molecule has 20 heavy (non-hydrogen) atoms. The number of benzene rings is 1. The lowest BCUT2D eigenvalue weighted by Gasteiger charge is -2.25. The van der Waals surface area contributed by atoms with E-state index in [1.54, 1.807) is 29.5 Å². The largest absolute Gasteiger partial charge is 0.387 e. The first-order valence-corrected chi connectivity index (χ1v) is 7.86. The van der Waals surface area contributed by atoms with E-state index in [4.69, 9.17) is 0 Å². The molecule has 0 saturated heterocycles. The average Bonchev–Trinajstić information content (AvgIpc) is 2.94. The Balaban J connectivity index is 1.65. The van der Waals surface area contributed by atoms with Crippen molar-refractivity contribution in [3.8, 4) is 0 Å². The van der Waals surface area contributed by atoms with Crippen LogP contribution in [0.25, 0.3) is 0 Å². The van der Waals surface area contributed by atoms with Crippen molar-refractivity contribution in [1.82, 2.24) is 5.32 Å². The van der Waals surface area contributed by atoms with Crippen LogP contribution >= 0.6 is 11.3 Å². The molecule has 3 rings (SSSR count). The van der Waals surface area contributed by atoms with Crippen LogP contribution in [-0.4, -0.2) is 11.7 Å². The molecule has 2 nitrogen and oxygen atoms in total. The highest BCUT2D eigenvalue weighted by molar-refractivity contribution is 7.10. The molecular formula is C16H18FNOS. The van der Waals surface area contributed by atoms with Crippen LogP contribution in [0.5, 0.6) is 0 Å². The Morgan fingerprint density at radius 2 is 2.20 bits per heavy atom. The van der Waals surface area contributed by atoms with Gasteiger partial charge in [-0.1, -0.05) is 18.2 Å². The maximum Gasteiger partial charge on any atom is 0.129 e. The third-order valence-electron chi connectivity index (χ3n) is 3.87. The van der Waals surface area contributed by atoms with Crippen molar-refractivity contribution in [2.24, 2.45) is 0 Å². The van der Waals surface area contributed by atoms with Gasteiger partial charge in [0.1, 0.15) is 5.82 Å². The number of fused-ring (bicyclic) bond motifs is 1. The predicted molar refractivity (Wildman–Crippen MR) is 79.4 cm³/mol. The van der Waals surface area contributed by atoms with E-state index in [1.807, 2.05) is 0 Å². The van der Waals surface area contributed by atoms with Gasteiger partial charge in [-0.05, 0) is 42.3 Å². The Bertz CT molecular complexity index is 583. The number of halogens is 1. The van der Waals surface area contributed by atoms with Gasteiger partial charge in [0, 0.05) is 23.0 Å². The molecule has 2 aromatic rings. The van der Waals surface area contributed by atoms with Crippen molar-refractivity contribution in [2.45, 2.75) is 31.4 Å². The zero-order valence-electron chi connectivity index (χ0n) is 11.2. The summed E-state index contributed by atoms with van der Waals surface area (Å²) in [5, 5.41) is 15.6. The number of rotatable bonds is 4. The van der Waals surface area contributed by atoms with Gasteiger partial charge < -0.3 is 10.4 Å². The molecule has 1 aliphatic rings. The Kier molecular flexibility index (Phi) is 4.15. The number of aliphatic hydroxyl groups excluding tert-OH is 1. The van der Waals surface area contributed by atoms with Crippen molar-refractivity contribution in [3.63, 3.8) is 0 Å². The quantitative estimate of drug-likeness (QED) is 0.902. The highest BCUT2D eigenvalue weighted by Crippen LogP contribution is 2.33. The fourth-order valence-corrected chi connectivity index (χ4v) is 3.80. The SMILES string of the molecule is OC(CNC1CCCc2sccc21)c1ccccc1F. The molecule has 4 heteroatoms. The topological polar surface area (TPSA) is 32.3 Å². The Labute approximate surface area is 122 Å². The number of nitrogens with one attached hydrogen (secondary N) is 1. The lowest BCUT2D eigenvalue weighted by Crippen LogP contribution is -2.28. The molecular weight excluding hydrogens is 273 g/mol. The summed E-state index contributed by atoms with van der Waals surface area (Å²) in [7, 11) is 0. The zero-order chi connectivity index (χ0) is 13.9. The summed E-state index contributed by atoms with van der Waals surface area (Å²) in [6.07, 6.45) is 2.59. The molecule has 1 aromatic carbocycles. The van der Waals surface area contributed by atoms with E-state index in [2.05, 4.69) is 16.8 Å². The number of aliphatic hydroxyl groups is 1. The molecule has 1 aromatic heterocycles. The highest BCUT2D eigenvalue weighted by atomic mass is 32.1. The smallest absolute Gasteiger partial charge is 0.129 e. The second kappa shape index (κ2) is 6.04. The maximum absolute atomic E-state index is 13.6. The van der Waals surface area contributed by atoms with Gasteiger partial charge in [-0.15, -0.1) is 11.3 Å². The van der Waals surface area contributed by atoms with E-state index in [0.29, 0.717) is 12.1 Å². The maximum atomic E-state index is 13.6. The van der Waals surface area contributed by atoms with E-state index in [1.165, 1.54) is 22.9 Å². The van der Waals surface area contributed by atoms with E-state index in [-0.39, 0.29) is 11.9 Å². The monoisotopic (exact) mass is 291 g/mol. The molecule has 0 aliphatic heterocycles. The first-order chi connectivity index (χ1) is 9.75. The minimum absolute atomic E-state index is 0.284. The molecule has 1 aliphatic carbocycles. The van der Waals surface area contributed by atoms with E-state index in [9.17, 15) is 9.50 Å². The predicted octanol–water partition coefficient (Wildman–Crippen LogP) is 3.59. The number of hydrogen-bond donors (Lipinski definition) is 2. The molecule has 2 N–H and O–H groups in total. The van der Waals surface area contributed by atoms with Crippen molar-refractivity contribution in [2.75, 3.05) is 6.54 Å². The van der Waals surface area contributed by atoms with Crippen molar-refractivity contribution < 1.29 is 9.50 Å². The Hall–Kier alpha value is -1.23. The van der Waals surface area contributed by atoms with Crippen molar-refractivity contribution in [3.05, 3.63) is 57.5 Å².